The Hall–Kier alpha value is -2.63. The highest BCUT2D eigenvalue weighted by Crippen LogP contribution is 2.16. The molecule has 0 heterocycles. The van der Waals surface area contributed by atoms with Crippen LogP contribution in [0.1, 0.15) is 297 Å². The second-order valence-electron chi connectivity index (χ2n) is 19.2. The molecule has 0 saturated carbocycles. The van der Waals surface area contributed by atoms with Crippen LogP contribution in [-0.4, -0.2) is 37.2 Å². The van der Waals surface area contributed by atoms with E-state index in [-0.39, 0.29) is 31.1 Å². The quantitative estimate of drug-likeness (QED) is 0.0199. The summed E-state index contributed by atoms with van der Waals surface area (Å²) in [6.45, 7) is 6.60. The summed E-state index contributed by atoms with van der Waals surface area (Å²) in [5.41, 5.74) is 0. The number of hydrogen-bond acceptors (Lipinski definition) is 6. The maximum absolute atomic E-state index is 12.8. The number of carbonyl (C=O) groups excluding carboxylic acids is 3. The van der Waals surface area contributed by atoms with Gasteiger partial charge in [-0.1, -0.05) is 249 Å². The van der Waals surface area contributed by atoms with Crippen molar-refractivity contribution in [2.45, 2.75) is 303 Å². The Bertz CT molecular complexity index is 1150. The minimum Gasteiger partial charge on any atom is -0.462 e. The number of rotatable bonds is 52. The van der Waals surface area contributed by atoms with E-state index < -0.39 is 6.10 Å². The molecular formula is C60H108O6. The lowest BCUT2D eigenvalue weighted by Gasteiger charge is -2.18. The Morgan fingerprint density at radius 2 is 0.591 bits per heavy atom. The minimum atomic E-state index is -0.776. The number of allylic oxidation sites excluding steroid dienone is 8. The molecule has 0 aromatic rings. The van der Waals surface area contributed by atoms with Gasteiger partial charge in [-0.05, 0) is 77.0 Å². The van der Waals surface area contributed by atoms with Crippen molar-refractivity contribution in [2.75, 3.05) is 13.2 Å². The average molecular weight is 926 g/mol. The third-order valence-electron chi connectivity index (χ3n) is 12.6. The molecule has 0 aliphatic carbocycles. The fourth-order valence-electron chi connectivity index (χ4n) is 8.23. The van der Waals surface area contributed by atoms with Crippen LogP contribution in [0.25, 0.3) is 0 Å². The Balaban J connectivity index is 4.34. The van der Waals surface area contributed by atoms with Gasteiger partial charge in [-0.25, -0.2) is 0 Å². The first-order chi connectivity index (χ1) is 32.5. The molecule has 6 heteroatoms. The molecule has 0 aliphatic rings. The average Bonchev–Trinajstić information content (AvgIpc) is 3.31. The molecule has 0 radical (unpaired) electrons. The Kier molecular flexibility index (Phi) is 52.8. The highest BCUT2D eigenvalue weighted by Gasteiger charge is 2.19. The molecule has 0 aliphatic heterocycles. The van der Waals surface area contributed by atoms with Gasteiger partial charge < -0.3 is 14.2 Å². The van der Waals surface area contributed by atoms with E-state index in [1.807, 2.05) is 0 Å². The first-order valence-corrected chi connectivity index (χ1v) is 28.7. The summed E-state index contributed by atoms with van der Waals surface area (Å²) in [6.07, 6.45) is 66.6. The van der Waals surface area contributed by atoms with Gasteiger partial charge in [-0.3, -0.25) is 14.4 Å². The normalized spacial score (nSPS) is 12.3. The van der Waals surface area contributed by atoms with Gasteiger partial charge >= 0.3 is 17.9 Å². The first-order valence-electron chi connectivity index (χ1n) is 28.7. The van der Waals surface area contributed by atoms with E-state index in [0.29, 0.717) is 19.3 Å². The van der Waals surface area contributed by atoms with Crippen molar-refractivity contribution < 1.29 is 28.6 Å². The van der Waals surface area contributed by atoms with Crippen LogP contribution in [0.2, 0.25) is 0 Å². The number of carbonyl (C=O) groups is 3. The van der Waals surface area contributed by atoms with Crippen LogP contribution >= 0.6 is 0 Å². The van der Waals surface area contributed by atoms with Gasteiger partial charge in [0.1, 0.15) is 13.2 Å². The van der Waals surface area contributed by atoms with Crippen LogP contribution in [-0.2, 0) is 28.6 Å². The zero-order valence-electron chi connectivity index (χ0n) is 44.0. The van der Waals surface area contributed by atoms with E-state index in [4.69, 9.17) is 14.2 Å². The summed E-state index contributed by atoms with van der Waals surface area (Å²) in [5.74, 6) is -0.873. The largest absolute Gasteiger partial charge is 0.462 e. The SMILES string of the molecule is CCCCC/C=C\C=C/CCCCCCCCCCCCC(=O)OCC(COC(=O)CCCCCCCCCCCCCC)OC(=O)CCCCCCCCC/C=C\C/C=C\CCCCC. The van der Waals surface area contributed by atoms with Crippen LogP contribution in [0.15, 0.2) is 48.6 Å². The molecule has 66 heavy (non-hydrogen) atoms. The molecule has 0 fully saturated rings. The van der Waals surface area contributed by atoms with Crippen molar-refractivity contribution in [1.29, 1.82) is 0 Å². The number of hydrogen-bond donors (Lipinski definition) is 0. The lowest BCUT2D eigenvalue weighted by Crippen LogP contribution is -2.30. The van der Waals surface area contributed by atoms with Crippen LogP contribution in [0, 0.1) is 0 Å². The summed E-state index contributed by atoms with van der Waals surface area (Å²) in [7, 11) is 0. The Labute approximate surface area is 409 Å². The van der Waals surface area contributed by atoms with E-state index >= 15 is 0 Å². The zero-order chi connectivity index (χ0) is 47.9. The van der Waals surface area contributed by atoms with E-state index in [9.17, 15) is 14.4 Å². The molecular weight excluding hydrogens is 817 g/mol. The number of unbranched alkanes of at least 4 members (excludes halogenated alkanes) is 34. The molecule has 0 amide bonds. The molecule has 0 spiro atoms. The highest BCUT2D eigenvalue weighted by molar-refractivity contribution is 5.71. The second-order valence-corrected chi connectivity index (χ2v) is 19.2. The smallest absolute Gasteiger partial charge is 0.306 e. The summed E-state index contributed by atoms with van der Waals surface area (Å²) < 4.78 is 16.9. The molecule has 384 valence electrons. The number of esters is 3. The molecule has 0 rings (SSSR count). The van der Waals surface area contributed by atoms with Crippen molar-refractivity contribution in [2.24, 2.45) is 0 Å². The van der Waals surface area contributed by atoms with Gasteiger partial charge in [-0.2, -0.15) is 0 Å². The van der Waals surface area contributed by atoms with Crippen molar-refractivity contribution in [3.8, 4) is 0 Å². The van der Waals surface area contributed by atoms with Gasteiger partial charge in [0, 0.05) is 19.3 Å². The molecule has 1 atom stereocenters. The molecule has 0 saturated heterocycles. The highest BCUT2D eigenvalue weighted by atomic mass is 16.6. The molecule has 6 nitrogen and oxygen atoms in total. The molecule has 0 aromatic heterocycles. The minimum absolute atomic E-state index is 0.0745. The van der Waals surface area contributed by atoms with Crippen molar-refractivity contribution in [1.82, 2.24) is 0 Å². The van der Waals surface area contributed by atoms with E-state index in [1.165, 1.54) is 186 Å². The maximum atomic E-state index is 12.8. The Morgan fingerprint density at radius 1 is 0.318 bits per heavy atom. The fourth-order valence-corrected chi connectivity index (χ4v) is 8.23. The predicted molar refractivity (Wildman–Crippen MR) is 284 cm³/mol. The van der Waals surface area contributed by atoms with Crippen LogP contribution < -0.4 is 0 Å². The third kappa shape index (κ3) is 52.3. The first kappa shape index (κ1) is 63.4. The van der Waals surface area contributed by atoms with E-state index in [0.717, 1.165) is 70.6 Å². The second kappa shape index (κ2) is 55.0. The third-order valence-corrected chi connectivity index (χ3v) is 12.6. The molecule has 0 aromatic carbocycles. The number of ether oxygens (including phenoxy) is 3. The zero-order valence-corrected chi connectivity index (χ0v) is 44.0. The topological polar surface area (TPSA) is 78.9 Å². The molecule has 1 unspecified atom stereocenters. The molecule has 0 bridgehead atoms. The van der Waals surface area contributed by atoms with Crippen LogP contribution in [0.3, 0.4) is 0 Å². The van der Waals surface area contributed by atoms with Gasteiger partial charge in [0.25, 0.3) is 0 Å². The fraction of sp³-hybridized carbons (Fsp3) is 0.817. The summed E-state index contributed by atoms with van der Waals surface area (Å²) >= 11 is 0. The lowest BCUT2D eigenvalue weighted by molar-refractivity contribution is -0.167. The standard InChI is InChI=1S/C60H108O6/c1-4-7-10-13-16-19-22-25-27-29-30-32-33-35-38-41-44-47-50-53-59(62)65-56-57(55-64-58(61)52-49-46-43-40-37-24-21-18-15-12-9-6-3)66-60(63)54-51-48-45-42-39-36-34-31-28-26-23-20-17-14-11-8-5-2/h16-17,19-20,22,25-26,28,57H,4-15,18,21,23-24,27,29-56H2,1-3H3/b19-16-,20-17-,25-22-,28-26-. The van der Waals surface area contributed by atoms with Gasteiger partial charge in [0.15, 0.2) is 6.10 Å². The lowest BCUT2D eigenvalue weighted by atomic mass is 10.0. The van der Waals surface area contributed by atoms with Gasteiger partial charge in [-0.15, -0.1) is 0 Å². The van der Waals surface area contributed by atoms with Crippen LogP contribution in [0.5, 0.6) is 0 Å². The summed E-state index contributed by atoms with van der Waals surface area (Å²) in [5, 5.41) is 0. The monoisotopic (exact) mass is 925 g/mol. The molecule has 0 N–H and O–H groups in total. The maximum Gasteiger partial charge on any atom is 0.306 e. The Morgan fingerprint density at radius 3 is 0.955 bits per heavy atom. The van der Waals surface area contributed by atoms with E-state index in [2.05, 4.69) is 69.4 Å². The van der Waals surface area contributed by atoms with Gasteiger partial charge in [0.05, 0.1) is 0 Å². The van der Waals surface area contributed by atoms with Crippen LogP contribution in [0.4, 0.5) is 0 Å². The van der Waals surface area contributed by atoms with Crippen molar-refractivity contribution in [3.63, 3.8) is 0 Å². The summed E-state index contributed by atoms with van der Waals surface area (Å²) in [4.78, 5) is 38.1. The predicted octanol–water partition coefficient (Wildman–Crippen LogP) is 19.0. The summed E-state index contributed by atoms with van der Waals surface area (Å²) in [6, 6.07) is 0. The van der Waals surface area contributed by atoms with Crippen molar-refractivity contribution >= 4 is 17.9 Å². The van der Waals surface area contributed by atoms with Crippen molar-refractivity contribution in [3.05, 3.63) is 48.6 Å². The van der Waals surface area contributed by atoms with E-state index in [1.54, 1.807) is 0 Å². The van der Waals surface area contributed by atoms with Gasteiger partial charge in [0.2, 0.25) is 0 Å².